The zero-order valence-electron chi connectivity index (χ0n) is 8.36. The summed E-state index contributed by atoms with van der Waals surface area (Å²) < 4.78 is 3.18. The molecule has 0 spiro atoms. The maximum atomic E-state index is 3.18. The molecule has 2 heteroatoms. The molecule has 0 rings (SSSR count). The molecule has 0 aromatic heterocycles. The predicted molar refractivity (Wildman–Crippen MR) is 50.6 cm³/mol. The number of unbranched alkanes of at least 4 members (excludes halogenated alkanes) is 7. The van der Waals surface area contributed by atoms with Gasteiger partial charge in [-0.2, -0.15) is 0 Å². The first-order chi connectivity index (χ1) is 5.91. The Hall–Kier alpha value is 0.674. The van der Waals surface area contributed by atoms with E-state index >= 15 is 0 Å². The van der Waals surface area contributed by atoms with Gasteiger partial charge in [-0.1, -0.05) is 0 Å². The van der Waals surface area contributed by atoms with E-state index in [4.69, 9.17) is 0 Å². The molecule has 0 radical (unpaired) electrons. The number of rotatable bonds is 9. The fourth-order valence-electron chi connectivity index (χ4n) is 1.35. The zero-order valence-corrected chi connectivity index (χ0v) is 9.93. The van der Waals surface area contributed by atoms with Gasteiger partial charge in [0.05, 0.1) is 0 Å². The fraction of sp³-hybridized carbons (Fsp3) is 1.00. The standard InChI is InChI=1S/C10H22N.Ti/c1-2-3-4-5-6-7-8-9-10-11;/h11H,2-10H2,1H3;/q-1;+1. The van der Waals surface area contributed by atoms with E-state index in [1.165, 1.54) is 57.9 Å². The van der Waals surface area contributed by atoms with E-state index in [-0.39, 0.29) is 0 Å². The van der Waals surface area contributed by atoms with E-state index < -0.39 is 0 Å². The van der Waals surface area contributed by atoms with Gasteiger partial charge in [-0.15, -0.1) is 0 Å². The van der Waals surface area contributed by atoms with Gasteiger partial charge in [0.1, 0.15) is 0 Å². The van der Waals surface area contributed by atoms with Crippen molar-refractivity contribution < 1.29 is 20.7 Å². The summed E-state index contributed by atoms with van der Waals surface area (Å²) in [5.41, 5.74) is 0. The molecule has 71 valence electrons. The first kappa shape index (κ1) is 12.7. The van der Waals surface area contributed by atoms with E-state index in [1.54, 1.807) is 0 Å². The van der Waals surface area contributed by atoms with Crippen molar-refractivity contribution in [2.75, 3.05) is 6.54 Å². The molecule has 0 unspecified atom stereocenters. The second kappa shape index (κ2) is 11.7. The van der Waals surface area contributed by atoms with E-state index in [0.29, 0.717) is 0 Å². The van der Waals surface area contributed by atoms with E-state index in [0.717, 1.165) is 0 Å². The Kier molecular flexibility index (Phi) is 12.3. The summed E-state index contributed by atoms with van der Waals surface area (Å²) in [5.74, 6) is 0. The SMILES string of the molecule is CCCCCCCCCC[NH][Ti]. The first-order valence-corrected chi connectivity index (χ1v) is 6.09. The van der Waals surface area contributed by atoms with Gasteiger partial charge in [-0.3, -0.25) is 0 Å². The molecule has 0 heterocycles. The summed E-state index contributed by atoms with van der Waals surface area (Å²) in [5, 5.41) is 0. The van der Waals surface area contributed by atoms with Crippen molar-refractivity contribution >= 4 is 0 Å². The van der Waals surface area contributed by atoms with Crippen molar-refractivity contribution in [1.82, 2.24) is 3.80 Å². The summed E-state index contributed by atoms with van der Waals surface area (Å²) in [6.45, 7) is 3.46. The van der Waals surface area contributed by atoms with Crippen LogP contribution in [0.25, 0.3) is 0 Å². The van der Waals surface area contributed by atoms with Crippen LogP contribution in [0.1, 0.15) is 58.3 Å². The molecule has 0 aromatic carbocycles. The molecule has 12 heavy (non-hydrogen) atoms. The Bertz CT molecular complexity index is 66.2. The third kappa shape index (κ3) is 10.7. The Morgan fingerprint density at radius 2 is 1.33 bits per heavy atom. The van der Waals surface area contributed by atoms with Gasteiger partial charge >= 0.3 is 89.3 Å². The summed E-state index contributed by atoms with van der Waals surface area (Å²) >= 11 is 2.03. The van der Waals surface area contributed by atoms with Crippen LogP contribution in [0.15, 0.2) is 0 Å². The van der Waals surface area contributed by atoms with E-state index in [1.807, 2.05) is 20.7 Å². The van der Waals surface area contributed by atoms with Gasteiger partial charge in [0, 0.05) is 0 Å². The van der Waals surface area contributed by atoms with Crippen molar-refractivity contribution in [3.63, 3.8) is 0 Å². The molecule has 0 aromatic rings. The molecule has 1 N–H and O–H groups in total. The van der Waals surface area contributed by atoms with Gasteiger partial charge in [-0.25, -0.2) is 0 Å². The summed E-state index contributed by atoms with van der Waals surface area (Å²) in [6.07, 6.45) is 11.3. The van der Waals surface area contributed by atoms with Gasteiger partial charge in [0.15, 0.2) is 0 Å². The van der Waals surface area contributed by atoms with E-state index in [9.17, 15) is 0 Å². The van der Waals surface area contributed by atoms with Crippen molar-refractivity contribution in [3.05, 3.63) is 0 Å². The van der Waals surface area contributed by atoms with Gasteiger partial charge < -0.3 is 0 Å². The van der Waals surface area contributed by atoms with Crippen molar-refractivity contribution in [2.24, 2.45) is 0 Å². The third-order valence-corrected chi connectivity index (χ3v) is 2.55. The van der Waals surface area contributed by atoms with Gasteiger partial charge in [-0.05, 0) is 0 Å². The average Bonchev–Trinajstić information content (AvgIpc) is 2.10. The monoisotopic (exact) mass is 204 g/mol. The molecule has 1 nitrogen and oxygen atoms in total. The minimum absolute atomic E-state index is 1.19. The predicted octanol–water partition coefficient (Wildman–Crippen LogP) is 3.18. The minimum atomic E-state index is 1.19. The molecule has 0 saturated carbocycles. The second-order valence-electron chi connectivity index (χ2n) is 3.40. The van der Waals surface area contributed by atoms with Crippen LogP contribution in [-0.4, -0.2) is 6.54 Å². The summed E-state index contributed by atoms with van der Waals surface area (Å²) in [6, 6.07) is 0. The van der Waals surface area contributed by atoms with Crippen LogP contribution in [-0.2, 0) is 20.7 Å². The summed E-state index contributed by atoms with van der Waals surface area (Å²) in [7, 11) is 0. The van der Waals surface area contributed by atoms with Crippen LogP contribution in [0.4, 0.5) is 0 Å². The van der Waals surface area contributed by atoms with Crippen molar-refractivity contribution in [1.29, 1.82) is 0 Å². The molecule has 0 amide bonds. The third-order valence-electron chi connectivity index (χ3n) is 2.16. The molecule has 0 aliphatic carbocycles. The van der Waals surface area contributed by atoms with Crippen LogP contribution in [0.2, 0.25) is 0 Å². The molecule has 0 bridgehead atoms. The Balaban J connectivity index is 2.73. The fourth-order valence-corrected chi connectivity index (χ4v) is 1.62. The zero-order chi connectivity index (χ0) is 9.07. The Morgan fingerprint density at radius 1 is 0.833 bits per heavy atom. The molecule has 0 fully saturated rings. The van der Waals surface area contributed by atoms with Crippen LogP contribution in [0.5, 0.6) is 0 Å². The van der Waals surface area contributed by atoms with Crippen molar-refractivity contribution in [2.45, 2.75) is 58.3 Å². The van der Waals surface area contributed by atoms with Gasteiger partial charge in [0.25, 0.3) is 0 Å². The molecule has 0 atom stereocenters. The first-order valence-electron chi connectivity index (χ1n) is 5.31. The molecule has 0 aliphatic heterocycles. The molecular weight excluding hydrogens is 182 g/mol. The average molecular weight is 204 g/mol. The van der Waals surface area contributed by atoms with E-state index in [2.05, 4.69) is 10.7 Å². The van der Waals surface area contributed by atoms with Crippen LogP contribution < -0.4 is 3.80 Å². The summed E-state index contributed by atoms with van der Waals surface area (Å²) in [4.78, 5) is 0. The van der Waals surface area contributed by atoms with Crippen molar-refractivity contribution in [3.8, 4) is 0 Å². The molecule has 0 aliphatic rings. The normalized spacial score (nSPS) is 10.3. The Morgan fingerprint density at radius 3 is 1.83 bits per heavy atom. The van der Waals surface area contributed by atoms with Crippen LogP contribution >= 0.6 is 0 Å². The van der Waals surface area contributed by atoms with Crippen LogP contribution in [0.3, 0.4) is 0 Å². The number of hydrogen-bond donors (Lipinski definition) is 1. The number of nitrogens with one attached hydrogen (secondary N) is 1. The maximum absolute atomic E-state index is 3.18. The van der Waals surface area contributed by atoms with Gasteiger partial charge in [0.2, 0.25) is 0 Å². The topological polar surface area (TPSA) is 12.0 Å². The molecular formula is C10H22NTi. The molecule has 0 saturated heterocycles. The second-order valence-corrected chi connectivity index (χ2v) is 3.95. The number of hydrogen-bond acceptors (Lipinski definition) is 1. The van der Waals surface area contributed by atoms with Crippen LogP contribution in [0, 0.1) is 0 Å². The quantitative estimate of drug-likeness (QED) is 0.449. The Labute approximate surface area is 89.4 Å².